The summed E-state index contributed by atoms with van der Waals surface area (Å²) >= 11 is 0. The highest BCUT2D eigenvalue weighted by atomic mass is 35.5. The fourth-order valence-electron chi connectivity index (χ4n) is 2.08. The molecule has 0 bridgehead atoms. The van der Waals surface area contributed by atoms with Crippen LogP contribution in [-0.4, -0.2) is 39.8 Å². The summed E-state index contributed by atoms with van der Waals surface area (Å²) in [5, 5.41) is 5.97. The molecular formula is C17H29ClN2O3. The van der Waals surface area contributed by atoms with Crippen molar-refractivity contribution in [1.82, 2.24) is 10.6 Å². The molecule has 1 unspecified atom stereocenters. The molecule has 1 atom stereocenters. The Kier molecular flexibility index (Phi) is 11.5. The van der Waals surface area contributed by atoms with E-state index in [1.54, 1.807) is 7.11 Å². The van der Waals surface area contributed by atoms with Crippen molar-refractivity contribution in [2.45, 2.75) is 26.8 Å². The third kappa shape index (κ3) is 8.21. The third-order valence-corrected chi connectivity index (χ3v) is 3.38. The number of amides is 1. The van der Waals surface area contributed by atoms with Crippen LogP contribution in [0.5, 0.6) is 5.75 Å². The van der Waals surface area contributed by atoms with Gasteiger partial charge in [-0.1, -0.05) is 19.1 Å². The highest BCUT2D eigenvalue weighted by Crippen LogP contribution is 2.20. The molecule has 1 rings (SSSR count). The summed E-state index contributed by atoms with van der Waals surface area (Å²) in [5.74, 6) is 0.819. The average molecular weight is 345 g/mol. The van der Waals surface area contributed by atoms with Crippen LogP contribution in [0.1, 0.15) is 24.5 Å². The maximum Gasteiger partial charge on any atom is 0.224 e. The second-order valence-corrected chi connectivity index (χ2v) is 5.48. The van der Waals surface area contributed by atoms with Crippen LogP contribution in [0, 0.1) is 12.8 Å². The molecule has 6 heteroatoms. The van der Waals surface area contributed by atoms with E-state index in [9.17, 15) is 4.79 Å². The molecule has 0 fully saturated rings. The number of methoxy groups -OCH3 is 1. The van der Waals surface area contributed by atoms with E-state index in [4.69, 9.17) is 9.47 Å². The number of ether oxygens (including phenoxy) is 2. The normalized spacial score (nSPS) is 11.5. The molecule has 132 valence electrons. The molecule has 0 radical (unpaired) electrons. The van der Waals surface area contributed by atoms with E-state index < -0.39 is 0 Å². The zero-order chi connectivity index (χ0) is 16.4. The van der Waals surface area contributed by atoms with Crippen molar-refractivity contribution in [1.29, 1.82) is 0 Å². The standard InChI is InChI=1S/C17H28N2O3.ClH/c1-13-6-7-15(12-19-17(20)14(2)11-18-3)16(10-13)22-9-5-8-21-4;/h6-7,10,14,18H,5,8-9,11-12H2,1-4H3,(H,19,20);1H. The van der Waals surface area contributed by atoms with E-state index in [2.05, 4.69) is 10.6 Å². The van der Waals surface area contributed by atoms with Crippen molar-refractivity contribution in [3.8, 4) is 5.75 Å². The summed E-state index contributed by atoms with van der Waals surface area (Å²) in [7, 11) is 3.52. The van der Waals surface area contributed by atoms with Crippen LogP contribution in [0.25, 0.3) is 0 Å². The Bertz CT molecular complexity index is 469. The molecule has 1 aromatic carbocycles. The van der Waals surface area contributed by atoms with Crippen LogP contribution < -0.4 is 15.4 Å². The van der Waals surface area contributed by atoms with Crippen molar-refractivity contribution in [2.24, 2.45) is 5.92 Å². The Morgan fingerprint density at radius 3 is 2.70 bits per heavy atom. The fraction of sp³-hybridized carbons (Fsp3) is 0.588. The van der Waals surface area contributed by atoms with Crippen molar-refractivity contribution >= 4 is 18.3 Å². The Morgan fingerprint density at radius 2 is 2.04 bits per heavy atom. The van der Waals surface area contributed by atoms with Crippen LogP contribution in [-0.2, 0) is 16.1 Å². The predicted octanol–water partition coefficient (Wildman–Crippen LogP) is 2.30. The summed E-state index contributed by atoms with van der Waals surface area (Å²) in [5.41, 5.74) is 2.13. The number of hydrogen-bond donors (Lipinski definition) is 2. The quantitative estimate of drug-likeness (QED) is 0.639. The first-order chi connectivity index (χ1) is 10.6. The number of aryl methyl sites for hydroxylation is 1. The first-order valence-electron chi connectivity index (χ1n) is 7.72. The molecule has 0 aromatic heterocycles. The number of halogens is 1. The molecule has 23 heavy (non-hydrogen) atoms. The SMILES string of the molecule is CNCC(C)C(=O)NCc1ccc(C)cc1OCCCOC.Cl. The van der Waals surface area contributed by atoms with Crippen molar-refractivity contribution in [3.63, 3.8) is 0 Å². The predicted molar refractivity (Wildman–Crippen MR) is 95.4 cm³/mol. The van der Waals surface area contributed by atoms with Crippen molar-refractivity contribution < 1.29 is 14.3 Å². The van der Waals surface area contributed by atoms with Gasteiger partial charge in [0.15, 0.2) is 0 Å². The lowest BCUT2D eigenvalue weighted by Gasteiger charge is -2.15. The van der Waals surface area contributed by atoms with E-state index in [1.807, 2.05) is 39.1 Å². The Labute approximate surface area is 145 Å². The highest BCUT2D eigenvalue weighted by Gasteiger charge is 2.12. The van der Waals surface area contributed by atoms with E-state index >= 15 is 0 Å². The second-order valence-electron chi connectivity index (χ2n) is 5.48. The molecule has 5 nitrogen and oxygen atoms in total. The maximum atomic E-state index is 12.0. The molecule has 0 spiro atoms. The van der Waals surface area contributed by atoms with E-state index in [1.165, 1.54) is 0 Å². The third-order valence-electron chi connectivity index (χ3n) is 3.38. The number of carbonyl (C=O) groups excluding carboxylic acids is 1. The zero-order valence-electron chi connectivity index (χ0n) is 14.5. The summed E-state index contributed by atoms with van der Waals surface area (Å²) in [6.45, 7) is 6.36. The molecule has 1 aromatic rings. The first kappa shape index (κ1) is 21.7. The van der Waals surface area contributed by atoms with Crippen molar-refractivity contribution in [3.05, 3.63) is 29.3 Å². The van der Waals surface area contributed by atoms with Gasteiger partial charge in [-0.2, -0.15) is 0 Å². The van der Waals surface area contributed by atoms with Gasteiger partial charge in [0, 0.05) is 44.7 Å². The number of rotatable bonds is 10. The topological polar surface area (TPSA) is 59.6 Å². The highest BCUT2D eigenvalue weighted by molar-refractivity contribution is 5.85. The van der Waals surface area contributed by atoms with Gasteiger partial charge in [-0.3, -0.25) is 4.79 Å². The van der Waals surface area contributed by atoms with Gasteiger partial charge in [0.25, 0.3) is 0 Å². The minimum atomic E-state index is -0.0541. The van der Waals surface area contributed by atoms with Gasteiger partial charge in [0.1, 0.15) is 5.75 Å². The summed E-state index contributed by atoms with van der Waals surface area (Å²) in [6.07, 6.45) is 0.843. The van der Waals surface area contributed by atoms with E-state index in [-0.39, 0.29) is 24.2 Å². The molecule has 0 saturated heterocycles. The van der Waals surface area contributed by atoms with Gasteiger partial charge in [0.2, 0.25) is 5.91 Å². The molecule has 0 aliphatic carbocycles. The first-order valence-corrected chi connectivity index (χ1v) is 7.72. The largest absolute Gasteiger partial charge is 0.493 e. The number of carbonyl (C=O) groups is 1. The van der Waals surface area contributed by atoms with Gasteiger partial charge >= 0.3 is 0 Å². The number of benzene rings is 1. The van der Waals surface area contributed by atoms with E-state index in [0.29, 0.717) is 26.3 Å². The molecule has 0 aliphatic rings. The van der Waals surface area contributed by atoms with Gasteiger partial charge in [-0.05, 0) is 25.6 Å². The smallest absolute Gasteiger partial charge is 0.224 e. The molecule has 1 amide bonds. The van der Waals surface area contributed by atoms with Crippen molar-refractivity contribution in [2.75, 3.05) is 33.9 Å². The molecule has 0 saturated carbocycles. The van der Waals surface area contributed by atoms with Crippen LogP contribution >= 0.6 is 12.4 Å². The lowest BCUT2D eigenvalue weighted by molar-refractivity contribution is -0.124. The Balaban J connectivity index is 0.00000484. The lowest BCUT2D eigenvalue weighted by atomic mass is 10.1. The van der Waals surface area contributed by atoms with E-state index in [0.717, 1.165) is 23.3 Å². The summed E-state index contributed by atoms with van der Waals surface area (Å²) in [6, 6.07) is 6.04. The minimum Gasteiger partial charge on any atom is -0.493 e. The summed E-state index contributed by atoms with van der Waals surface area (Å²) in [4.78, 5) is 12.0. The molecule has 2 N–H and O–H groups in total. The average Bonchev–Trinajstić information content (AvgIpc) is 2.50. The number of nitrogens with one attached hydrogen (secondary N) is 2. The lowest BCUT2D eigenvalue weighted by Crippen LogP contribution is -2.34. The zero-order valence-corrected chi connectivity index (χ0v) is 15.3. The monoisotopic (exact) mass is 344 g/mol. The van der Waals surface area contributed by atoms with Crippen LogP contribution in [0.15, 0.2) is 18.2 Å². The van der Waals surface area contributed by atoms with Gasteiger partial charge in [-0.25, -0.2) is 0 Å². The summed E-state index contributed by atoms with van der Waals surface area (Å²) < 4.78 is 10.8. The number of hydrogen-bond acceptors (Lipinski definition) is 4. The van der Waals surface area contributed by atoms with Crippen LogP contribution in [0.3, 0.4) is 0 Å². The Hall–Kier alpha value is -1.30. The van der Waals surface area contributed by atoms with Gasteiger partial charge in [0.05, 0.1) is 6.61 Å². The molecule has 0 heterocycles. The minimum absolute atomic E-state index is 0. The fourth-order valence-corrected chi connectivity index (χ4v) is 2.08. The maximum absolute atomic E-state index is 12.0. The molecule has 0 aliphatic heterocycles. The van der Waals surface area contributed by atoms with Crippen LogP contribution in [0.2, 0.25) is 0 Å². The Morgan fingerprint density at radius 1 is 1.30 bits per heavy atom. The van der Waals surface area contributed by atoms with Gasteiger partial charge in [-0.15, -0.1) is 12.4 Å². The second kappa shape index (κ2) is 12.2. The van der Waals surface area contributed by atoms with Crippen LogP contribution in [0.4, 0.5) is 0 Å². The van der Waals surface area contributed by atoms with Gasteiger partial charge < -0.3 is 20.1 Å². The molecular weight excluding hydrogens is 316 g/mol.